The number of nitrogens with zero attached hydrogens (tertiary/aromatic N) is 3. The maximum absolute atomic E-state index is 10.6. The van der Waals surface area contributed by atoms with Gasteiger partial charge in [0.1, 0.15) is 0 Å². The Kier molecular flexibility index (Phi) is 1.92. The van der Waals surface area contributed by atoms with Crippen LogP contribution in [-0.2, 0) is 6.42 Å². The summed E-state index contributed by atoms with van der Waals surface area (Å²) in [7, 11) is 0. The van der Waals surface area contributed by atoms with Crippen molar-refractivity contribution < 1.29 is 9.90 Å². The molecular weight excluding hydrogens is 182 g/mol. The number of aryl methyl sites for hydroxylation is 1. The number of hydrogen-bond acceptors (Lipinski definition) is 3. The average Bonchev–Trinajstić information content (AvgIpc) is 2.59. The van der Waals surface area contributed by atoms with Gasteiger partial charge >= 0.3 is 5.97 Å². The van der Waals surface area contributed by atoms with Crippen molar-refractivity contribution >= 4 is 11.6 Å². The van der Waals surface area contributed by atoms with Crippen LogP contribution in [0.4, 0.5) is 0 Å². The molecule has 0 radical (unpaired) electrons. The molecule has 0 bridgehead atoms. The van der Waals surface area contributed by atoms with E-state index in [0.717, 1.165) is 12.0 Å². The number of carboxylic acids is 1. The van der Waals surface area contributed by atoms with Crippen LogP contribution in [-0.4, -0.2) is 25.7 Å². The normalized spacial score (nSPS) is 10.6. The van der Waals surface area contributed by atoms with Gasteiger partial charge in [-0.3, -0.25) is 0 Å². The minimum atomic E-state index is -1.03. The summed E-state index contributed by atoms with van der Waals surface area (Å²) in [6.45, 7) is 2.00. The van der Waals surface area contributed by atoms with Gasteiger partial charge in [-0.1, -0.05) is 6.92 Å². The Balaban J connectivity index is 2.60. The molecule has 0 spiro atoms. The third kappa shape index (κ3) is 1.32. The predicted octanol–water partition coefficient (Wildman–Crippen LogP) is 0.990. The molecule has 0 saturated heterocycles. The summed E-state index contributed by atoms with van der Waals surface area (Å²) in [5, 5.41) is 12.6. The summed E-state index contributed by atoms with van der Waals surface area (Å²) in [4.78, 5) is 14.7. The van der Waals surface area contributed by atoms with Crippen LogP contribution in [0.15, 0.2) is 18.5 Å². The van der Waals surface area contributed by atoms with Gasteiger partial charge in [0, 0.05) is 18.5 Å². The van der Waals surface area contributed by atoms with Crippen molar-refractivity contribution in [2.75, 3.05) is 0 Å². The Morgan fingerprint density at radius 2 is 2.43 bits per heavy atom. The molecule has 0 atom stereocenters. The van der Waals surface area contributed by atoms with E-state index in [0.29, 0.717) is 5.65 Å². The third-order valence-electron chi connectivity index (χ3n) is 1.99. The van der Waals surface area contributed by atoms with E-state index in [9.17, 15) is 4.79 Å². The molecule has 1 N–H and O–H groups in total. The predicted molar refractivity (Wildman–Crippen MR) is 49.3 cm³/mol. The fraction of sp³-hybridized carbons (Fsp3) is 0.222. The SMILES string of the molecule is CCc1cnc2cc(C(=O)O)nn2c1. The number of rotatable bonds is 2. The topological polar surface area (TPSA) is 67.5 Å². The van der Waals surface area contributed by atoms with E-state index in [-0.39, 0.29) is 5.69 Å². The molecule has 2 rings (SSSR count). The average molecular weight is 191 g/mol. The van der Waals surface area contributed by atoms with Crippen molar-refractivity contribution in [2.45, 2.75) is 13.3 Å². The van der Waals surface area contributed by atoms with E-state index >= 15 is 0 Å². The molecule has 5 heteroatoms. The standard InChI is InChI=1S/C9H9N3O2/c1-2-6-4-10-8-3-7(9(13)14)11-12(8)5-6/h3-5H,2H2,1H3,(H,13,14). The Labute approximate surface area is 80.0 Å². The molecule has 72 valence electrons. The molecule has 0 aliphatic heterocycles. The highest BCUT2D eigenvalue weighted by Gasteiger charge is 2.08. The largest absolute Gasteiger partial charge is 0.476 e. The number of carboxylic acid groups (broad SMARTS) is 1. The van der Waals surface area contributed by atoms with Gasteiger partial charge in [-0.15, -0.1) is 0 Å². The van der Waals surface area contributed by atoms with Crippen molar-refractivity contribution in [1.82, 2.24) is 14.6 Å². The molecule has 0 amide bonds. The van der Waals surface area contributed by atoms with Crippen molar-refractivity contribution in [2.24, 2.45) is 0 Å². The summed E-state index contributed by atoms with van der Waals surface area (Å²) < 4.78 is 1.49. The number of carbonyl (C=O) groups is 1. The van der Waals surface area contributed by atoms with E-state index < -0.39 is 5.97 Å². The second-order valence-corrected chi connectivity index (χ2v) is 2.95. The first-order valence-electron chi connectivity index (χ1n) is 4.28. The molecule has 2 heterocycles. The van der Waals surface area contributed by atoms with Crippen LogP contribution < -0.4 is 0 Å². The van der Waals surface area contributed by atoms with E-state index in [4.69, 9.17) is 5.11 Å². The second kappa shape index (κ2) is 3.10. The lowest BCUT2D eigenvalue weighted by Gasteiger charge is -1.95. The van der Waals surface area contributed by atoms with E-state index in [1.165, 1.54) is 10.6 Å². The fourth-order valence-corrected chi connectivity index (χ4v) is 1.20. The third-order valence-corrected chi connectivity index (χ3v) is 1.99. The van der Waals surface area contributed by atoms with Crippen LogP contribution in [0.5, 0.6) is 0 Å². The van der Waals surface area contributed by atoms with Crippen LogP contribution in [0.1, 0.15) is 23.0 Å². The molecule has 5 nitrogen and oxygen atoms in total. The highest BCUT2D eigenvalue weighted by molar-refractivity contribution is 5.86. The number of hydrogen-bond donors (Lipinski definition) is 1. The van der Waals surface area contributed by atoms with Gasteiger partial charge in [0.05, 0.1) is 0 Å². The lowest BCUT2D eigenvalue weighted by atomic mass is 10.3. The first-order chi connectivity index (χ1) is 6.70. The Morgan fingerprint density at radius 3 is 3.07 bits per heavy atom. The van der Waals surface area contributed by atoms with E-state index in [1.54, 1.807) is 12.4 Å². The molecule has 0 fully saturated rings. The van der Waals surface area contributed by atoms with Gasteiger partial charge in [0.2, 0.25) is 0 Å². The van der Waals surface area contributed by atoms with Gasteiger partial charge in [-0.05, 0) is 12.0 Å². The van der Waals surface area contributed by atoms with Crippen molar-refractivity contribution in [3.63, 3.8) is 0 Å². The Hall–Kier alpha value is -1.91. The Bertz CT molecular complexity index is 490. The Morgan fingerprint density at radius 1 is 1.64 bits per heavy atom. The van der Waals surface area contributed by atoms with Crippen LogP contribution in [0.2, 0.25) is 0 Å². The minimum absolute atomic E-state index is 0.0192. The van der Waals surface area contributed by atoms with Crippen molar-refractivity contribution in [3.05, 3.63) is 29.7 Å². The maximum Gasteiger partial charge on any atom is 0.356 e. The zero-order valence-electron chi connectivity index (χ0n) is 7.64. The van der Waals surface area contributed by atoms with Crippen LogP contribution in [0.3, 0.4) is 0 Å². The molecule has 0 aliphatic carbocycles. The monoisotopic (exact) mass is 191 g/mol. The number of aromatic nitrogens is 3. The fourth-order valence-electron chi connectivity index (χ4n) is 1.20. The zero-order chi connectivity index (χ0) is 10.1. The van der Waals surface area contributed by atoms with Crippen LogP contribution >= 0.6 is 0 Å². The molecule has 0 unspecified atom stereocenters. The highest BCUT2D eigenvalue weighted by Crippen LogP contribution is 2.05. The van der Waals surface area contributed by atoms with Crippen molar-refractivity contribution in [1.29, 1.82) is 0 Å². The first kappa shape index (κ1) is 8.68. The van der Waals surface area contributed by atoms with Gasteiger partial charge < -0.3 is 5.11 Å². The number of aromatic carboxylic acids is 1. The second-order valence-electron chi connectivity index (χ2n) is 2.95. The van der Waals surface area contributed by atoms with Crippen molar-refractivity contribution in [3.8, 4) is 0 Å². The quantitative estimate of drug-likeness (QED) is 0.768. The summed E-state index contributed by atoms with van der Waals surface area (Å²) >= 11 is 0. The minimum Gasteiger partial charge on any atom is -0.476 e. The highest BCUT2D eigenvalue weighted by atomic mass is 16.4. The molecule has 2 aromatic heterocycles. The molecular formula is C9H9N3O2. The molecule has 2 aromatic rings. The zero-order valence-corrected chi connectivity index (χ0v) is 7.64. The first-order valence-corrected chi connectivity index (χ1v) is 4.28. The molecule has 14 heavy (non-hydrogen) atoms. The molecule has 0 aliphatic rings. The molecule has 0 aromatic carbocycles. The van der Waals surface area contributed by atoms with Crippen LogP contribution in [0.25, 0.3) is 5.65 Å². The van der Waals surface area contributed by atoms with Gasteiger partial charge in [0.15, 0.2) is 11.3 Å². The summed E-state index contributed by atoms with van der Waals surface area (Å²) in [6.07, 6.45) is 4.36. The van der Waals surface area contributed by atoms with Crippen LogP contribution in [0, 0.1) is 0 Å². The summed E-state index contributed by atoms with van der Waals surface area (Å²) in [5.41, 5.74) is 1.60. The lowest BCUT2D eigenvalue weighted by molar-refractivity contribution is 0.0690. The van der Waals surface area contributed by atoms with E-state index in [2.05, 4.69) is 10.1 Å². The maximum atomic E-state index is 10.6. The summed E-state index contributed by atoms with van der Waals surface area (Å²) in [6, 6.07) is 1.45. The summed E-state index contributed by atoms with van der Waals surface area (Å²) in [5.74, 6) is -1.03. The van der Waals surface area contributed by atoms with Gasteiger partial charge in [-0.2, -0.15) is 5.10 Å². The molecule has 0 saturated carbocycles. The van der Waals surface area contributed by atoms with Gasteiger partial charge in [-0.25, -0.2) is 14.3 Å². The smallest absolute Gasteiger partial charge is 0.356 e. The lowest BCUT2D eigenvalue weighted by Crippen LogP contribution is -1.98. The number of fused-ring (bicyclic) bond motifs is 1. The van der Waals surface area contributed by atoms with E-state index in [1.807, 2.05) is 6.92 Å². The van der Waals surface area contributed by atoms with Gasteiger partial charge in [0.25, 0.3) is 0 Å².